The molecular formula is C12H16N4O4S. The van der Waals surface area contributed by atoms with Crippen molar-refractivity contribution in [3.05, 3.63) is 26.7 Å². The zero-order chi connectivity index (χ0) is 15.2. The minimum atomic E-state index is -3.03. The van der Waals surface area contributed by atoms with E-state index in [1.54, 1.807) is 0 Å². The minimum Gasteiger partial charge on any atom is -0.336 e. The monoisotopic (exact) mass is 312 g/mol. The first-order valence-electron chi connectivity index (χ1n) is 6.84. The predicted molar refractivity (Wildman–Crippen MR) is 77.3 cm³/mol. The van der Waals surface area contributed by atoms with Gasteiger partial charge < -0.3 is 4.98 Å². The number of sulfone groups is 1. The number of fused-ring (bicyclic) bond motifs is 1. The Bertz CT molecular complexity index is 905. The standard InChI is InChI=1S/C12H16N4O4S/c1-2-4-16-10-8(11(17)15-12(16)18)13-9(14-10)7-3-5-21(19,20)6-7/h7H,2-6H2,1H3,(H,13,14)(H,15,17,18). The van der Waals surface area contributed by atoms with Crippen LogP contribution in [0.2, 0.25) is 0 Å². The van der Waals surface area contributed by atoms with Gasteiger partial charge in [0.1, 0.15) is 11.3 Å². The lowest BCUT2D eigenvalue weighted by Gasteiger charge is -2.03. The Labute approximate surface area is 120 Å². The van der Waals surface area contributed by atoms with Gasteiger partial charge in [0.15, 0.2) is 15.5 Å². The highest BCUT2D eigenvalue weighted by atomic mass is 32.2. The Morgan fingerprint density at radius 1 is 1.33 bits per heavy atom. The highest BCUT2D eigenvalue weighted by molar-refractivity contribution is 7.91. The molecule has 0 radical (unpaired) electrons. The smallest absolute Gasteiger partial charge is 0.330 e. The zero-order valence-corrected chi connectivity index (χ0v) is 12.4. The van der Waals surface area contributed by atoms with Crippen molar-refractivity contribution in [2.75, 3.05) is 11.5 Å². The summed E-state index contributed by atoms with van der Waals surface area (Å²) < 4.78 is 24.5. The zero-order valence-electron chi connectivity index (χ0n) is 11.5. The van der Waals surface area contributed by atoms with Crippen LogP contribution in [0.1, 0.15) is 31.5 Å². The number of aromatic nitrogens is 4. The van der Waals surface area contributed by atoms with Crippen molar-refractivity contribution in [3.8, 4) is 0 Å². The summed E-state index contributed by atoms with van der Waals surface area (Å²) in [5.74, 6) is 0.384. The number of hydrogen-bond acceptors (Lipinski definition) is 5. The van der Waals surface area contributed by atoms with Crippen molar-refractivity contribution < 1.29 is 8.42 Å². The van der Waals surface area contributed by atoms with Crippen molar-refractivity contribution >= 4 is 21.0 Å². The van der Waals surface area contributed by atoms with Crippen LogP contribution in [-0.4, -0.2) is 39.4 Å². The van der Waals surface area contributed by atoms with Crippen molar-refractivity contribution in [1.82, 2.24) is 19.5 Å². The molecule has 2 N–H and O–H groups in total. The lowest BCUT2D eigenvalue weighted by molar-refractivity contribution is 0.601. The van der Waals surface area contributed by atoms with Crippen LogP contribution in [-0.2, 0) is 16.4 Å². The van der Waals surface area contributed by atoms with E-state index in [-0.39, 0.29) is 22.9 Å². The van der Waals surface area contributed by atoms with Gasteiger partial charge >= 0.3 is 5.69 Å². The molecular weight excluding hydrogens is 296 g/mol. The van der Waals surface area contributed by atoms with Crippen molar-refractivity contribution in [3.63, 3.8) is 0 Å². The third-order valence-corrected chi connectivity index (χ3v) is 5.49. The molecule has 8 nitrogen and oxygen atoms in total. The third kappa shape index (κ3) is 2.41. The van der Waals surface area contributed by atoms with E-state index in [1.807, 2.05) is 6.92 Å². The van der Waals surface area contributed by atoms with Gasteiger partial charge in [-0.3, -0.25) is 14.3 Å². The molecule has 1 unspecified atom stereocenters. The molecule has 1 atom stereocenters. The van der Waals surface area contributed by atoms with Crippen molar-refractivity contribution in [2.45, 2.75) is 32.2 Å². The molecule has 3 heterocycles. The van der Waals surface area contributed by atoms with Crippen molar-refractivity contribution in [2.24, 2.45) is 0 Å². The summed E-state index contributed by atoms with van der Waals surface area (Å²) in [5, 5.41) is 0. The Kier molecular flexibility index (Phi) is 3.23. The third-order valence-electron chi connectivity index (χ3n) is 3.72. The molecule has 1 saturated heterocycles. The van der Waals surface area contributed by atoms with E-state index in [2.05, 4.69) is 15.0 Å². The highest BCUT2D eigenvalue weighted by Crippen LogP contribution is 2.27. The van der Waals surface area contributed by atoms with E-state index in [0.29, 0.717) is 24.4 Å². The summed E-state index contributed by atoms with van der Waals surface area (Å²) in [5.41, 5.74) is -0.499. The lowest BCUT2D eigenvalue weighted by Crippen LogP contribution is -2.30. The van der Waals surface area contributed by atoms with Gasteiger partial charge in [0.25, 0.3) is 5.56 Å². The van der Waals surface area contributed by atoms with Crippen LogP contribution >= 0.6 is 0 Å². The second kappa shape index (κ2) is 4.83. The number of imidazole rings is 1. The molecule has 0 spiro atoms. The van der Waals surface area contributed by atoms with Gasteiger partial charge in [-0.2, -0.15) is 0 Å². The maximum Gasteiger partial charge on any atom is 0.330 e. The van der Waals surface area contributed by atoms with Gasteiger partial charge in [0, 0.05) is 12.5 Å². The van der Waals surface area contributed by atoms with Gasteiger partial charge in [-0.25, -0.2) is 18.2 Å². The summed E-state index contributed by atoms with van der Waals surface area (Å²) in [6, 6.07) is 0. The molecule has 0 amide bonds. The fourth-order valence-corrected chi connectivity index (χ4v) is 4.44. The molecule has 2 aromatic rings. The van der Waals surface area contributed by atoms with E-state index in [1.165, 1.54) is 4.57 Å². The molecule has 1 aliphatic rings. The van der Waals surface area contributed by atoms with Crippen molar-refractivity contribution in [1.29, 1.82) is 0 Å². The molecule has 3 rings (SSSR count). The molecule has 0 saturated carbocycles. The Morgan fingerprint density at radius 3 is 2.71 bits per heavy atom. The first-order valence-corrected chi connectivity index (χ1v) is 8.66. The molecule has 0 aromatic carbocycles. The van der Waals surface area contributed by atoms with Crippen LogP contribution in [0.3, 0.4) is 0 Å². The van der Waals surface area contributed by atoms with E-state index in [0.717, 1.165) is 6.42 Å². The second-order valence-corrected chi connectivity index (χ2v) is 7.56. The van der Waals surface area contributed by atoms with Gasteiger partial charge in [0.05, 0.1) is 11.5 Å². The number of hydrogen-bond donors (Lipinski definition) is 2. The van der Waals surface area contributed by atoms with E-state index >= 15 is 0 Å². The fourth-order valence-electron chi connectivity index (χ4n) is 2.69. The summed E-state index contributed by atoms with van der Waals surface area (Å²) in [6.07, 6.45) is 1.21. The average molecular weight is 312 g/mol. The van der Waals surface area contributed by atoms with Crippen LogP contribution in [0.4, 0.5) is 0 Å². The fraction of sp³-hybridized carbons (Fsp3) is 0.583. The number of nitrogens with zero attached hydrogens (tertiary/aromatic N) is 2. The van der Waals surface area contributed by atoms with Gasteiger partial charge in [-0.15, -0.1) is 0 Å². The molecule has 9 heteroatoms. The van der Waals surface area contributed by atoms with Crippen LogP contribution in [0.15, 0.2) is 9.59 Å². The predicted octanol–water partition coefficient (Wildman–Crippen LogP) is -0.275. The summed E-state index contributed by atoms with van der Waals surface area (Å²) in [4.78, 5) is 33.2. The normalized spacial score (nSPS) is 21.1. The summed E-state index contributed by atoms with van der Waals surface area (Å²) in [6.45, 7) is 2.36. The second-order valence-electron chi connectivity index (χ2n) is 5.33. The molecule has 0 bridgehead atoms. The SMILES string of the molecule is CCCn1c(=O)[nH]c(=O)c2[nH]c(C3CCS(=O)(=O)C3)nc21. The van der Waals surface area contributed by atoms with E-state index < -0.39 is 21.1 Å². The quantitative estimate of drug-likeness (QED) is 0.808. The van der Waals surface area contributed by atoms with Crippen LogP contribution in [0, 0.1) is 0 Å². The topological polar surface area (TPSA) is 118 Å². The number of aryl methyl sites for hydroxylation is 1. The molecule has 0 aliphatic carbocycles. The molecule has 21 heavy (non-hydrogen) atoms. The Morgan fingerprint density at radius 2 is 2.10 bits per heavy atom. The number of rotatable bonds is 3. The number of nitrogens with one attached hydrogen (secondary N) is 2. The largest absolute Gasteiger partial charge is 0.336 e. The Balaban J connectivity index is 2.16. The van der Waals surface area contributed by atoms with Crippen LogP contribution in [0.25, 0.3) is 11.2 Å². The molecule has 2 aromatic heterocycles. The van der Waals surface area contributed by atoms with E-state index in [4.69, 9.17) is 0 Å². The Hall–Kier alpha value is -1.90. The van der Waals surface area contributed by atoms with Crippen LogP contribution in [0.5, 0.6) is 0 Å². The van der Waals surface area contributed by atoms with Gasteiger partial charge in [-0.05, 0) is 12.8 Å². The molecule has 1 aliphatic heterocycles. The molecule has 1 fully saturated rings. The van der Waals surface area contributed by atoms with Crippen LogP contribution < -0.4 is 11.2 Å². The van der Waals surface area contributed by atoms with Gasteiger partial charge in [-0.1, -0.05) is 6.92 Å². The maximum absolute atomic E-state index is 11.9. The summed E-state index contributed by atoms with van der Waals surface area (Å²) >= 11 is 0. The maximum atomic E-state index is 11.9. The highest BCUT2D eigenvalue weighted by Gasteiger charge is 2.31. The lowest BCUT2D eigenvalue weighted by atomic mass is 10.1. The summed E-state index contributed by atoms with van der Waals surface area (Å²) in [7, 11) is -3.03. The average Bonchev–Trinajstić information content (AvgIpc) is 2.98. The number of H-pyrrole nitrogens is 2. The minimum absolute atomic E-state index is 0.0305. The molecule has 114 valence electrons. The van der Waals surface area contributed by atoms with Gasteiger partial charge in [0.2, 0.25) is 0 Å². The number of aromatic amines is 2. The van der Waals surface area contributed by atoms with E-state index in [9.17, 15) is 18.0 Å². The first kappa shape index (κ1) is 14.1. The first-order chi connectivity index (χ1) is 9.91.